The number of nitrogens with one attached hydrogen (secondary N) is 3. The molecule has 1 aliphatic rings. The third-order valence-electron chi connectivity index (χ3n) is 3.60. The number of carbonyl (C=O) groups is 1. The minimum absolute atomic E-state index is 0.0806. The predicted octanol–water partition coefficient (Wildman–Crippen LogP) is 3.13. The van der Waals surface area contributed by atoms with Crippen LogP contribution in [0, 0.1) is 5.82 Å². The third-order valence-corrected chi connectivity index (χ3v) is 4.13. The summed E-state index contributed by atoms with van der Waals surface area (Å²) in [5, 5.41) is 2.78. The summed E-state index contributed by atoms with van der Waals surface area (Å²) in [6.45, 7) is 0. The fourth-order valence-corrected chi connectivity index (χ4v) is 2.67. The average molecular weight is 364 g/mol. The van der Waals surface area contributed by atoms with Crippen molar-refractivity contribution in [1.82, 2.24) is 10.9 Å². The number of hydrogen-bond donors (Lipinski definition) is 3. The van der Waals surface area contributed by atoms with E-state index in [0.29, 0.717) is 12.1 Å². The zero-order valence-electron chi connectivity index (χ0n) is 11.6. The molecule has 0 aliphatic carbocycles. The molecule has 1 aliphatic heterocycles. The highest BCUT2D eigenvalue weighted by Gasteiger charge is 2.30. The molecule has 3 rings (SSSR count). The van der Waals surface area contributed by atoms with Crippen molar-refractivity contribution >= 4 is 27.5 Å². The van der Waals surface area contributed by atoms with Gasteiger partial charge in [-0.2, -0.15) is 0 Å². The molecular weight excluding hydrogens is 349 g/mol. The Kier molecular flexibility index (Phi) is 4.52. The number of benzene rings is 2. The van der Waals surface area contributed by atoms with Gasteiger partial charge in [-0.25, -0.2) is 15.2 Å². The van der Waals surface area contributed by atoms with E-state index >= 15 is 0 Å². The van der Waals surface area contributed by atoms with E-state index < -0.39 is 0 Å². The van der Waals surface area contributed by atoms with Gasteiger partial charge in [0.25, 0.3) is 0 Å². The van der Waals surface area contributed by atoms with Crippen molar-refractivity contribution in [2.45, 2.75) is 18.5 Å². The van der Waals surface area contributed by atoms with Gasteiger partial charge in [-0.15, -0.1) is 0 Å². The van der Waals surface area contributed by atoms with E-state index in [1.54, 1.807) is 12.1 Å². The van der Waals surface area contributed by atoms with Gasteiger partial charge >= 0.3 is 0 Å². The van der Waals surface area contributed by atoms with E-state index in [-0.39, 0.29) is 23.8 Å². The Hall–Kier alpha value is -1.76. The zero-order chi connectivity index (χ0) is 15.5. The standard InChI is InChI=1S/C16H15BrFN3O/c17-11-3-1-10(2-4-11)14-9-15(21-20-14)16(22)19-13-7-5-12(18)6-8-13/h1-8,14-15,20-21H,9H2,(H,19,22). The maximum Gasteiger partial charge on any atom is 0.242 e. The normalized spacial score (nSPS) is 20.8. The molecule has 2 aromatic carbocycles. The van der Waals surface area contributed by atoms with Crippen LogP contribution in [0.1, 0.15) is 18.0 Å². The van der Waals surface area contributed by atoms with E-state index in [1.807, 2.05) is 24.3 Å². The first-order valence-electron chi connectivity index (χ1n) is 6.95. The molecule has 1 fully saturated rings. The second-order valence-electron chi connectivity index (χ2n) is 5.18. The van der Waals surface area contributed by atoms with E-state index in [1.165, 1.54) is 12.1 Å². The van der Waals surface area contributed by atoms with Gasteiger partial charge < -0.3 is 5.32 Å². The van der Waals surface area contributed by atoms with Crippen LogP contribution < -0.4 is 16.2 Å². The lowest BCUT2D eigenvalue weighted by Gasteiger charge is -2.11. The van der Waals surface area contributed by atoms with Gasteiger partial charge in [-0.05, 0) is 48.4 Å². The quantitative estimate of drug-likeness (QED) is 0.785. The number of hydrazine groups is 1. The van der Waals surface area contributed by atoms with Crippen LogP contribution in [0.2, 0.25) is 0 Å². The largest absolute Gasteiger partial charge is 0.325 e. The summed E-state index contributed by atoms with van der Waals surface area (Å²) in [5.41, 5.74) is 7.84. The van der Waals surface area contributed by atoms with Gasteiger partial charge in [0.05, 0.1) is 0 Å². The van der Waals surface area contributed by atoms with Gasteiger partial charge in [0.15, 0.2) is 0 Å². The molecule has 2 unspecified atom stereocenters. The SMILES string of the molecule is O=C(Nc1ccc(F)cc1)C1CC(c2ccc(Br)cc2)NN1. The predicted molar refractivity (Wildman–Crippen MR) is 86.6 cm³/mol. The molecule has 0 spiro atoms. The first kappa shape index (κ1) is 15.1. The maximum atomic E-state index is 12.9. The van der Waals surface area contributed by atoms with Gasteiger partial charge in [-0.1, -0.05) is 28.1 Å². The van der Waals surface area contributed by atoms with Crippen LogP contribution in [0.4, 0.5) is 10.1 Å². The fraction of sp³-hybridized carbons (Fsp3) is 0.188. The molecule has 4 nitrogen and oxygen atoms in total. The van der Waals surface area contributed by atoms with Crippen LogP contribution in [-0.4, -0.2) is 11.9 Å². The Morgan fingerprint density at radius 3 is 2.45 bits per heavy atom. The minimum atomic E-state index is -0.335. The summed E-state index contributed by atoms with van der Waals surface area (Å²) in [5.74, 6) is -0.465. The Morgan fingerprint density at radius 2 is 1.77 bits per heavy atom. The molecular formula is C16H15BrFN3O. The van der Waals surface area contributed by atoms with Crippen LogP contribution in [0.15, 0.2) is 53.0 Å². The maximum absolute atomic E-state index is 12.9. The van der Waals surface area contributed by atoms with Gasteiger partial charge in [0.1, 0.15) is 11.9 Å². The Balaban J connectivity index is 1.61. The highest BCUT2D eigenvalue weighted by Crippen LogP contribution is 2.24. The van der Waals surface area contributed by atoms with E-state index in [2.05, 4.69) is 32.1 Å². The summed E-state index contributed by atoms with van der Waals surface area (Å²) in [7, 11) is 0. The van der Waals surface area contributed by atoms with Gasteiger partial charge in [0.2, 0.25) is 5.91 Å². The number of rotatable bonds is 3. The van der Waals surface area contributed by atoms with Crippen LogP contribution in [-0.2, 0) is 4.79 Å². The molecule has 6 heteroatoms. The summed E-state index contributed by atoms with van der Waals surface area (Å²) in [4.78, 5) is 12.2. The lowest BCUT2D eigenvalue weighted by Crippen LogP contribution is -2.39. The molecule has 0 bridgehead atoms. The molecule has 3 N–H and O–H groups in total. The van der Waals surface area contributed by atoms with Crippen LogP contribution in [0.25, 0.3) is 0 Å². The summed E-state index contributed by atoms with van der Waals surface area (Å²) in [6, 6.07) is 13.5. The van der Waals surface area contributed by atoms with E-state index in [4.69, 9.17) is 0 Å². The van der Waals surface area contributed by atoms with Crippen molar-refractivity contribution in [3.63, 3.8) is 0 Å². The fourth-order valence-electron chi connectivity index (χ4n) is 2.40. The van der Waals surface area contributed by atoms with Crippen LogP contribution in [0.3, 0.4) is 0 Å². The highest BCUT2D eigenvalue weighted by molar-refractivity contribution is 9.10. The highest BCUT2D eigenvalue weighted by atomic mass is 79.9. The monoisotopic (exact) mass is 363 g/mol. The topological polar surface area (TPSA) is 53.2 Å². The molecule has 1 saturated heterocycles. The molecule has 1 amide bonds. The molecule has 0 radical (unpaired) electrons. The zero-order valence-corrected chi connectivity index (χ0v) is 13.2. The summed E-state index contributed by atoms with van der Waals surface area (Å²) in [6.07, 6.45) is 0.647. The number of anilines is 1. The van der Waals surface area contributed by atoms with Crippen LogP contribution in [0.5, 0.6) is 0 Å². The van der Waals surface area contributed by atoms with Crippen LogP contribution >= 0.6 is 15.9 Å². The number of hydrogen-bond acceptors (Lipinski definition) is 3. The number of amides is 1. The summed E-state index contributed by atoms with van der Waals surface area (Å²) >= 11 is 3.40. The Bertz CT molecular complexity index is 660. The molecule has 1 heterocycles. The van der Waals surface area contributed by atoms with Gasteiger partial charge in [-0.3, -0.25) is 4.79 Å². The molecule has 22 heavy (non-hydrogen) atoms. The molecule has 0 saturated carbocycles. The Morgan fingerprint density at radius 1 is 1.09 bits per heavy atom. The molecule has 114 valence electrons. The smallest absolute Gasteiger partial charge is 0.242 e. The third kappa shape index (κ3) is 3.52. The van der Waals surface area contributed by atoms with E-state index in [0.717, 1.165) is 10.0 Å². The first-order chi connectivity index (χ1) is 10.6. The number of halogens is 2. The Labute approximate surface area is 136 Å². The molecule has 2 aromatic rings. The lowest BCUT2D eigenvalue weighted by atomic mass is 10.0. The lowest BCUT2D eigenvalue weighted by molar-refractivity contribution is -0.117. The summed E-state index contributed by atoms with van der Waals surface area (Å²) < 4.78 is 13.9. The van der Waals surface area contributed by atoms with Crippen molar-refractivity contribution in [1.29, 1.82) is 0 Å². The second-order valence-corrected chi connectivity index (χ2v) is 6.09. The minimum Gasteiger partial charge on any atom is -0.325 e. The molecule has 2 atom stereocenters. The molecule has 0 aromatic heterocycles. The second kappa shape index (κ2) is 6.56. The first-order valence-corrected chi connectivity index (χ1v) is 7.74. The van der Waals surface area contributed by atoms with Crippen molar-refractivity contribution < 1.29 is 9.18 Å². The average Bonchev–Trinajstić information content (AvgIpc) is 3.00. The van der Waals surface area contributed by atoms with Crippen molar-refractivity contribution in [2.24, 2.45) is 0 Å². The van der Waals surface area contributed by atoms with Gasteiger partial charge in [0, 0.05) is 16.2 Å². The van der Waals surface area contributed by atoms with Crippen molar-refractivity contribution in [3.8, 4) is 0 Å². The van der Waals surface area contributed by atoms with Crippen molar-refractivity contribution in [3.05, 3.63) is 64.4 Å². The number of carbonyl (C=O) groups excluding carboxylic acids is 1. The van der Waals surface area contributed by atoms with E-state index in [9.17, 15) is 9.18 Å². The van der Waals surface area contributed by atoms with Crippen molar-refractivity contribution in [2.75, 3.05) is 5.32 Å².